The molecule has 6 bridgehead atoms. The van der Waals surface area contributed by atoms with Crippen LogP contribution in [-0.4, -0.2) is 11.6 Å². The van der Waals surface area contributed by atoms with Gasteiger partial charge in [-0.3, -0.25) is 9.59 Å². The topological polar surface area (TPSA) is 34.1 Å². The van der Waals surface area contributed by atoms with Crippen molar-refractivity contribution in [1.82, 2.24) is 0 Å². The number of allylic oxidation sites excluding steroid dienone is 2. The third kappa shape index (κ3) is 0.579. The van der Waals surface area contributed by atoms with Crippen LogP contribution in [-0.2, 0) is 9.59 Å². The van der Waals surface area contributed by atoms with Crippen molar-refractivity contribution in [1.29, 1.82) is 0 Å². The van der Waals surface area contributed by atoms with Gasteiger partial charge in [-0.1, -0.05) is 12.2 Å². The minimum Gasteiger partial charge on any atom is -0.299 e. The lowest BCUT2D eigenvalue weighted by Crippen LogP contribution is -2.40. The molecule has 2 nitrogen and oxygen atoms in total. The highest BCUT2D eigenvalue weighted by Crippen LogP contribution is 2.62. The molecule has 0 aliphatic heterocycles. The molecule has 14 heavy (non-hydrogen) atoms. The molecule has 0 aromatic heterocycles. The Labute approximate surface area is 82.4 Å². The van der Waals surface area contributed by atoms with E-state index in [0.717, 1.165) is 12.8 Å². The predicted octanol–water partition coefficient (Wildman–Crippen LogP) is 1.21. The SMILES string of the molecule is O=C1C[C@@H]2[C@H]3C=C[C@H]4[C@H]2CC(=O)[C@@H]4[C@H]13. The Hall–Kier alpha value is -0.920. The van der Waals surface area contributed by atoms with Crippen LogP contribution in [0, 0.1) is 35.5 Å². The van der Waals surface area contributed by atoms with E-state index in [4.69, 9.17) is 0 Å². The summed E-state index contributed by atoms with van der Waals surface area (Å²) < 4.78 is 0. The summed E-state index contributed by atoms with van der Waals surface area (Å²) in [5.74, 6) is 2.80. The fraction of sp³-hybridized carbons (Fsp3) is 0.667. The van der Waals surface area contributed by atoms with Crippen LogP contribution in [0.2, 0.25) is 0 Å². The van der Waals surface area contributed by atoms with Gasteiger partial charge < -0.3 is 0 Å². The van der Waals surface area contributed by atoms with Gasteiger partial charge >= 0.3 is 0 Å². The van der Waals surface area contributed by atoms with E-state index >= 15 is 0 Å². The summed E-state index contributed by atoms with van der Waals surface area (Å²) in [5, 5.41) is 0. The third-order valence-electron chi connectivity index (χ3n) is 4.93. The normalized spacial score (nSPS) is 57.4. The summed E-state index contributed by atoms with van der Waals surface area (Å²) in [6, 6.07) is 0. The highest BCUT2D eigenvalue weighted by Gasteiger charge is 2.64. The lowest BCUT2D eigenvalue weighted by Gasteiger charge is -2.41. The van der Waals surface area contributed by atoms with Gasteiger partial charge in [0.15, 0.2) is 0 Å². The van der Waals surface area contributed by atoms with E-state index in [2.05, 4.69) is 12.2 Å². The third-order valence-corrected chi connectivity index (χ3v) is 4.93. The van der Waals surface area contributed by atoms with E-state index in [1.54, 1.807) is 0 Å². The molecule has 5 aliphatic rings. The predicted molar refractivity (Wildman–Crippen MR) is 49.3 cm³/mol. The lowest BCUT2D eigenvalue weighted by molar-refractivity contribution is -0.130. The van der Waals surface area contributed by atoms with Gasteiger partial charge in [0, 0.05) is 24.7 Å². The zero-order valence-electron chi connectivity index (χ0n) is 7.85. The molecule has 0 spiro atoms. The van der Waals surface area contributed by atoms with Gasteiger partial charge in [-0.05, 0) is 23.7 Å². The maximum Gasteiger partial charge on any atom is 0.137 e. The molecular weight excluding hydrogens is 176 g/mol. The summed E-state index contributed by atoms with van der Waals surface area (Å²) in [5.41, 5.74) is 0. The monoisotopic (exact) mass is 188 g/mol. The van der Waals surface area contributed by atoms with Gasteiger partial charge in [0.25, 0.3) is 0 Å². The Morgan fingerprint density at radius 1 is 0.857 bits per heavy atom. The fourth-order valence-corrected chi connectivity index (χ4v) is 4.51. The quantitative estimate of drug-likeness (QED) is 0.535. The molecule has 5 rings (SSSR count). The minimum atomic E-state index is 0.0845. The first-order chi connectivity index (χ1) is 6.77. The van der Waals surface area contributed by atoms with E-state index in [0.29, 0.717) is 35.2 Å². The number of rotatable bonds is 0. The standard InChI is InChI=1S/C12H12O2/c13-9-3-7-5-1-2-6-8(7)4-10(14)12(6)11(5)9/h1-2,5-8,11-12H,3-4H2/t5-,6+,7-,8-,11+,12-/m1/s1. The van der Waals surface area contributed by atoms with Gasteiger partial charge in [0.05, 0.1) is 0 Å². The molecule has 2 heteroatoms. The zero-order chi connectivity index (χ0) is 9.45. The molecule has 3 fully saturated rings. The van der Waals surface area contributed by atoms with Crippen LogP contribution in [0.1, 0.15) is 12.8 Å². The van der Waals surface area contributed by atoms with Gasteiger partial charge in [0.2, 0.25) is 0 Å². The summed E-state index contributed by atoms with van der Waals surface area (Å²) in [4.78, 5) is 23.6. The highest BCUT2D eigenvalue weighted by atomic mass is 16.1. The molecule has 72 valence electrons. The molecule has 5 aliphatic carbocycles. The van der Waals surface area contributed by atoms with E-state index in [9.17, 15) is 9.59 Å². The smallest absolute Gasteiger partial charge is 0.137 e. The molecule has 0 aromatic carbocycles. The van der Waals surface area contributed by atoms with Crippen LogP contribution in [0.15, 0.2) is 12.2 Å². The molecule has 0 heterocycles. The first-order valence-corrected chi connectivity index (χ1v) is 5.51. The van der Waals surface area contributed by atoms with Gasteiger partial charge in [-0.2, -0.15) is 0 Å². The second-order valence-electron chi connectivity index (χ2n) is 5.26. The molecule has 0 N–H and O–H groups in total. The fourth-order valence-electron chi connectivity index (χ4n) is 4.51. The van der Waals surface area contributed by atoms with Crippen molar-refractivity contribution in [2.45, 2.75) is 12.8 Å². The van der Waals surface area contributed by atoms with Crippen LogP contribution in [0.4, 0.5) is 0 Å². The van der Waals surface area contributed by atoms with E-state index in [-0.39, 0.29) is 11.8 Å². The van der Waals surface area contributed by atoms with Crippen molar-refractivity contribution in [3.8, 4) is 0 Å². The Bertz CT molecular complexity index is 346. The van der Waals surface area contributed by atoms with Crippen molar-refractivity contribution in [2.75, 3.05) is 0 Å². The van der Waals surface area contributed by atoms with Crippen molar-refractivity contribution in [3.05, 3.63) is 12.2 Å². The number of ketones is 2. The largest absolute Gasteiger partial charge is 0.299 e. The minimum absolute atomic E-state index is 0.0845. The van der Waals surface area contributed by atoms with Crippen LogP contribution in [0.5, 0.6) is 0 Å². The first-order valence-electron chi connectivity index (χ1n) is 5.51. The number of hydrogen-bond acceptors (Lipinski definition) is 2. The Morgan fingerprint density at radius 2 is 1.29 bits per heavy atom. The maximum absolute atomic E-state index is 11.8. The number of hydrogen-bond donors (Lipinski definition) is 0. The zero-order valence-corrected chi connectivity index (χ0v) is 7.85. The van der Waals surface area contributed by atoms with Crippen LogP contribution in [0.3, 0.4) is 0 Å². The Morgan fingerprint density at radius 3 is 1.71 bits per heavy atom. The first kappa shape index (κ1) is 7.38. The molecular formula is C12H12O2. The highest BCUT2D eigenvalue weighted by molar-refractivity contribution is 5.96. The molecule has 0 aromatic rings. The lowest BCUT2D eigenvalue weighted by atomic mass is 9.61. The van der Waals surface area contributed by atoms with E-state index in [1.165, 1.54) is 0 Å². The molecule has 0 amide bonds. The van der Waals surface area contributed by atoms with Gasteiger partial charge in [0.1, 0.15) is 11.6 Å². The summed E-state index contributed by atoms with van der Waals surface area (Å²) in [6.45, 7) is 0. The van der Waals surface area contributed by atoms with Crippen molar-refractivity contribution in [3.63, 3.8) is 0 Å². The maximum atomic E-state index is 11.8. The average Bonchev–Trinajstić information content (AvgIpc) is 2.61. The molecule has 0 saturated heterocycles. The summed E-state index contributed by atoms with van der Waals surface area (Å²) in [7, 11) is 0. The molecule has 0 unspecified atom stereocenters. The summed E-state index contributed by atoms with van der Waals surface area (Å²) in [6.07, 6.45) is 5.95. The molecule has 6 atom stereocenters. The van der Waals surface area contributed by atoms with Crippen LogP contribution >= 0.6 is 0 Å². The van der Waals surface area contributed by atoms with Crippen LogP contribution in [0.25, 0.3) is 0 Å². The van der Waals surface area contributed by atoms with E-state index < -0.39 is 0 Å². The van der Waals surface area contributed by atoms with Crippen molar-refractivity contribution < 1.29 is 9.59 Å². The van der Waals surface area contributed by atoms with Crippen molar-refractivity contribution in [2.24, 2.45) is 35.5 Å². The Kier molecular flexibility index (Phi) is 1.07. The second kappa shape index (κ2) is 2.02. The van der Waals surface area contributed by atoms with Gasteiger partial charge in [-0.25, -0.2) is 0 Å². The number of Topliss-reactive ketones (excluding diaryl/α,β-unsaturated/α-hetero) is 2. The number of carbonyl (C=O) groups is 2. The molecule has 3 saturated carbocycles. The van der Waals surface area contributed by atoms with Gasteiger partial charge in [-0.15, -0.1) is 0 Å². The Balaban J connectivity index is 1.97. The second-order valence-corrected chi connectivity index (χ2v) is 5.26. The van der Waals surface area contributed by atoms with E-state index in [1.807, 2.05) is 0 Å². The van der Waals surface area contributed by atoms with Crippen LogP contribution < -0.4 is 0 Å². The average molecular weight is 188 g/mol. The van der Waals surface area contributed by atoms with Crippen molar-refractivity contribution >= 4 is 11.6 Å². The summed E-state index contributed by atoms with van der Waals surface area (Å²) >= 11 is 0. The number of carbonyl (C=O) groups excluding carboxylic acids is 2. The molecule has 0 radical (unpaired) electrons.